The Morgan fingerprint density at radius 2 is 1.56 bits per heavy atom. The van der Waals surface area contributed by atoms with Crippen molar-refractivity contribution in [2.24, 2.45) is 0 Å². The van der Waals surface area contributed by atoms with Gasteiger partial charge in [0.2, 0.25) is 0 Å². The standard InChI is InChI=1S/C29H21F3N4O2S/c1-36(2)28(38)20-9-3-6-17(12-20)24-15-23-25(33-16-34-27(23)39-24)18-7-5-11-22(14-18)35-26(37)19-8-4-10-21(13-19)29(30,31)32/h3-16H,1-2H3,(H,35,37). The van der Waals surface area contributed by atoms with E-state index in [1.54, 1.807) is 38.4 Å². The maximum absolute atomic E-state index is 13.1. The minimum atomic E-state index is -4.54. The summed E-state index contributed by atoms with van der Waals surface area (Å²) >= 11 is 1.47. The van der Waals surface area contributed by atoms with Gasteiger partial charge in [0.25, 0.3) is 11.8 Å². The summed E-state index contributed by atoms with van der Waals surface area (Å²) in [5.74, 6) is -0.751. The number of halogens is 3. The molecule has 0 aliphatic rings. The smallest absolute Gasteiger partial charge is 0.345 e. The summed E-state index contributed by atoms with van der Waals surface area (Å²) in [5.41, 5.74) is 2.20. The van der Waals surface area contributed by atoms with Crippen molar-refractivity contribution < 1.29 is 22.8 Å². The van der Waals surface area contributed by atoms with E-state index in [9.17, 15) is 22.8 Å². The lowest BCUT2D eigenvalue weighted by molar-refractivity contribution is -0.137. The number of rotatable bonds is 5. The second-order valence-corrected chi connectivity index (χ2v) is 9.98. The largest absolute Gasteiger partial charge is 0.416 e. The van der Waals surface area contributed by atoms with Crippen LogP contribution >= 0.6 is 11.3 Å². The first-order chi connectivity index (χ1) is 18.6. The molecule has 0 fully saturated rings. The van der Waals surface area contributed by atoms with Crippen LogP contribution in [0.15, 0.2) is 85.2 Å². The summed E-state index contributed by atoms with van der Waals surface area (Å²) in [6.07, 6.45) is -3.09. The zero-order valence-corrected chi connectivity index (χ0v) is 21.6. The van der Waals surface area contributed by atoms with E-state index < -0.39 is 17.6 Å². The van der Waals surface area contributed by atoms with Crippen LogP contribution in [-0.4, -0.2) is 40.8 Å². The van der Waals surface area contributed by atoms with Gasteiger partial charge in [0.15, 0.2) is 0 Å². The van der Waals surface area contributed by atoms with Gasteiger partial charge in [0.1, 0.15) is 11.2 Å². The van der Waals surface area contributed by atoms with E-state index in [-0.39, 0.29) is 11.5 Å². The Labute approximate surface area is 225 Å². The molecule has 39 heavy (non-hydrogen) atoms. The summed E-state index contributed by atoms with van der Waals surface area (Å²) in [5, 5.41) is 3.46. The zero-order chi connectivity index (χ0) is 27.7. The lowest BCUT2D eigenvalue weighted by atomic mass is 10.1. The first kappa shape index (κ1) is 26.1. The van der Waals surface area contributed by atoms with Crippen molar-refractivity contribution in [2.45, 2.75) is 6.18 Å². The van der Waals surface area contributed by atoms with E-state index in [0.717, 1.165) is 32.8 Å². The van der Waals surface area contributed by atoms with Crippen LogP contribution in [0.1, 0.15) is 26.3 Å². The number of amides is 2. The molecule has 10 heteroatoms. The number of benzene rings is 3. The van der Waals surface area contributed by atoms with Gasteiger partial charge in [0, 0.05) is 46.7 Å². The first-order valence-corrected chi connectivity index (χ1v) is 12.6. The SMILES string of the molecule is CN(C)C(=O)c1cccc(-c2cc3c(-c4cccc(NC(=O)c5cccc(C(F)(F)F)c5)c4)ncnc3s2)c1. The average Bonchev–Trinajstić information content (AvgIpc) is 3.37. The Hall–Kier alpha value is -4.57. The van der Waals surface area contributed by atoms with E-state index in [2.05, 4.69) is 15.3 Å². The molecule has 0 aliphatic heterocycles. The minimum absolute atomic E-state index is 0.0950. The van der Waals surface area contributed by atoms with Gasteiger partial charge in [0.05, 0.1) is 11.3 Å². The minimum Gasteiger partial charge on any atom is -0.345 e. The van der Waals surface area contributed by atoms with E-state index in [0.29, 0.717) is 22.5 Å². The van der Waals surface area contributed by atoms with Gasteiger partial charge in [-0.3, -0.25) is 9.59 Å². The topological polar surface area (TPSA) is 75.2 Å². The molecule has 3 aromatic carbocycles. The van der Waals surface area contributed by atoms with Crippen LogP contribution in [-0.2, 0) is 6.18 Å². The molecule has 2 amide bonds. The molecule has 0 radical (unpaired) electrons. The molecule has 0 saturated carbocycles. The highest BCUT2D eigenvalue weighted by molar-refractivity contribution is 7.21. The van der Waals surface area contributed by atoms with Crippen molar-refractivity contribution >= 4 is 39.1 Å². The molecule has 0 spiro atoms. The Morgan fingerprint density at radius 1 is 0.846 bits per heavy atom. The molecule has 0 atom stereocenters. The monoisotopic (exact) mass is 546 g/mol. The highest BCUT2D eigenvalue weighted by atomic mass is 32.1. The van der Waals surface area contributed by atoms with Crippen LogP contribution in [0.3, 0.4) is 0 Å². The third-order valence-electron chi connectivity index (χ3n) is 5.98. The van der Waals surface area contributed by atoms with Crippen LogP contribution in [0.25, 0.3) is 31.9 Å². The van der Waals surface area contributed by atoms with Crippen LogP contribution in [0.4, 0.5) is 18.9 Å². The van der Waals surface area contributed by atoms with E-state index in [4.69, 9.17) is 0 Å². The molecule has 0 saturated heterocycles. The number of anilines is 1. The predicted molar refractivity (Wildman–Crippen MR) is 146 cm³/mol. The summed E-state index contributed by atoms with van der Waals surface area (Å²) in [4.78, 5) is 37.2. The van der Waals surface area contributed by atoms with Gasteiger partial charge in [-0.25, -0.2) is 9.97 Å². The number of hydrogen-bond acceptors (Lipinski definition) is 5. The lowest BCUT2D eigenvalue weighted by Gasteiger charge is -2.10. The molecule has 0 bridgehead atoms. The van der Waals surface area contributed by atoms with Gasteiger partial charge >= 0.3 is 6.18 Å². The molecule has 0 aliphatic carbocycles. The van der Waals surface area contributed by atoms with Gasteiger partial charge in [-0.15, -0.1) is 11.3 Å². The quantitative estimate of drug-likeness (QED) is 0.258. The van der Waals surface area contributed by atoms with Crippen LogP contribution in [0.2, 0.25) is 0 Å². The molecule has 1 N–H and O–H groups in total. The summed E-state index contributed by atoms with van der Waals surface area (Å²) < 4.78 is 39.2. The number of nitrogens with zero attached hydrogens (tertiary/aromatic N) is 3. The fraction of sp³-hybridized carbons (Fsp3) is 0.103. The van der Waals surface area contributed by atoms with Gasteiger partial charge in [-0.1, -0.05) is 30.3 Å². The first-order valence-electron chi connectivity index (χ1n) is 11.8. The van der Waals surface area contributed by atoms with Crippen LogP contribution in [0, 0.1) is 0 Å². The number of nitrogens with one attached hydrogen (secondary N) is 1. The van der Waals surface area contributed by atoms with Gasteiger partial charge in [-0.2, -0.15) is 13.2 Å². The number of carbonyl (C=O) groups is 2. The molecular formula is C29H21F3N4O2S. The fourth-order valence-electron chi connectivity index (χ4n) is 4.08. The second-order valence-electron chi connectivity index (χ2n) is 8.95. The maximum atomic E-state index is 13.1. The molecule has 6 nitrogen and oxygen atoms in total. The fourth-order valence-corrected chi connectivity index (χ4v) is 5.07. The number of alkyl halides is 3. The Bertz CT molecular complexity index is 1710. The number of fused-ring (bicyclic) bond motifs is 1. The number of thiophene rings is 1. The van der Waals surface area contributed by atoms with Crippen molar-refractivity contribution in [2.75, 3.05) is 19.4 Å². The summed E-state index contributed by atoms with van der Waals surface area (Å²) in [6.45, 7) is 0. The average molecular weight is 547 g/mol. The molecule has 5 aromatic rings. The van der Waals surface area contributed by atoms with E-state index >= 15 is 0 Å². The third-order valence-corrected chi connectivity index (χ3v) is 7.07. The molecule has 2 heterocycles. The number of carbonyl (C=O) groups excluding carboxylic acids is 2. The highest BCUT2D eigenvalue weighted by Crippen LogP contribution is 2.37. The molecule has 196 valence electrons. The molecular weight excluding hydrogens is 525 g/mol. The highest BCUT2D eigenvalue weighted by Gasteiger charge is 2.31. The second kappa shape index (κ2) is 10.3. The van der Waals surface area contributed by atoms with Crippen molar-refractivity contribution in [1.82, 2.24) is 14.9 Å². The Morgan fingerprint density at radius 3 is 2.33 bits per heavy atom. The third kappa shape index (κ3) is 5.51. The number of aromatic nitrogens is 2. The van der Waals surface area contributed by atoms with E-state index in [1.165, 1.54) is 34.7 Å². The normalized spacial score (nSPS) is 11.4. The van der Waals surface area contributed by atoms with Crippen molar-refractivity contribution in [3.63, 3.8) is 0 Å². The van der Waals surface area contributed by atoms with Crippen LogP contribution < -0.4 is 5.32 Å². The van der Waals surface area contributed by atoms with Gasteiger partial charge in [-0.05, 0) is 54.1 Å². The lowest BCUT2D eigenvalue weighted by Crippen LogP contribution is -2.21. The van der Waals surface area contributed by atoms with Gasteiger partial charge < -0.3 is 10.2 Å². The van der Waals surface area contributed by atoms with Crippen molar-refractivity contribution in [1.29, 1.82) is 0 Å². The summed E-state index contributed by atoms with van der Waals surface area (Å²) in [7, 11) is 3.40. The van der Waals surface area contributed by atoms with Crippen molar-refractivity contribution in [3.8, 4) is 21.7 Å². The Kier molecular flexibility index (Phi) is 6.88. The van der Waals surface area contributed by atoms with Crippen LogP contribution in [0.5, 0.6) is 0 Å². The maximum Gasteiger partial charge on any atom is 0.416 e. The number of hydrogen-bond donors (Lipinski definition) is 1. The molecule has 5 rings (SSSR count). The van der Waals surface area contributed by atoms with Crippen molar-refractivity contribution in [3.05, 3.63) is 102 Å². The predicted octanol–water partition coefficient (Wildman–Crippen LogP) is 7.00. The summed E-state index contributed by atoms with van der Waals surface area (Å²) in [6, 6.07) is 20.5. The molecule has 0 unspecified atom stereocenters. The van der Waals surface area contributed by atoms with E-state index in [1.807, 2.05) is 30.3 Å². The molecule has 2 aromatic heterocycles. The Balaban J connectivity index is 1.45. The zero-order valence-electron chi connectivity index (χ0n) is 20.8.